The minimum absolute atomic E-state index is 0.00455. The first-order valence-electron chi connectivity index (χ1n) is 10.5. The molecule has 0 aliphatic heterocycles. The molecule has 7 nitrogen and oxygen atoms in total. The van der Waals surface area contributed by atoms with E-state index in [0.29, 0.717) is 40.6 Å². The largest absolute Gasteiger partial charge is 0.506 e. The number of ether oxygens (including phenoxy) is 2. The Morgan fingerprint density at radius 3 is 1.97 bits per heavy atom. The number of aromatic hydroxyl groups is 1. The monoisotopic (exact) mass is 746 g/mol. The molecule has 1 amide bonds. The average Bonchev–Trinajstić information content (AvgIpc) is 2.84. The van der Waals surface area contributed by atoms with Crippen LogP contribution >= 0.6 is 63.7 Å². The number of phenols is 1. The third-order valence-electron chi connectivity index (χ3n) is 5.43. The number of carbonyl (C=O) groups excluding carboxylic acids is 2. The lowest BCUT2D eigenvalue weighted by Crippen LogP contribution is -2.37. The van der Waals surface area contributed by atoms with Gasteiger partial charge in [0, 0.05) is 5.69 Å². The molecular weight excluding hydrogens is 728 g/mol. The maximum atomic E-state index is 13.6. The fraction of sp³-hybridized carbons (Fsp3) is 0.200. The van der Waals surface area contributed by atoms with Crippen molar-refractivity contribution in [3.05, 3.63) is 77.5 Å². The molecule has 0 aliphatic rings. The quantitative estimate of drug-likeness (QED) is 0.170. The van der Waals surface area contributed by atoms with Gasteiger partial charge in [-0.05, 0) is 118 Å². The van der Waals surface area contributed by atoms with Crippen molar-refractivity contribution in [1.29, 1.82) is 0 Å². The van der Waals surface area contributed by atoms with Crippen LogP contribution in [0, 0.1) is 5.92 Å². The average molecular weight is 750 g/mol. The Labute approximate surface area is 242 Å². The first kappa shape index (κ1) is 28.6. The Hall–Kier alpha value is -1.92. The minimum Gasteiger partial charge on any atom is -0.506 e. The van der Waals surface area contributed by atoms with Crippen LogP contribution in [0.3, 0.4) is 0 Å². The number of anilines is 1. The molecule has 11 heteroatoms. The molecule has 0 radical (unpaired) electrons. The number of phenolic OH excluding ortho intramolecular Hbond substituents is 1. The number of Topliss-reactive ketones (excluding diaryl/α,β-unsaturated/α-hetero) is 1. The second-order valence-corrected chi connectivity index (χ2v) is 11.2. The maximum absolute atomic E-state index is 13.6. The summed E-state index contributed by atoms with van der Waals surface area (Å²) in [5.41, 5.74) is 8.01. The molecule has 190 valence electrons. The van der Waals surface area contributed by atoms with E-state index >= 15 is 0 Å². The second kappa shape index (κ2) is 12.6. The highest BCUT2D eigenvalue weighted by molar-refractivity contribution is 9.11. The molecule has 0 fully saturated rings. The number of halogens is 4. The Kier molecular flexibility index (Phi) is 9.99. The Morgan fingerprint density at radius 2 is 1.47 bits per heavy atom. The molecule has 0 saturated heterocycles. The van der Waals surface area contributed by atoms with E-state index in [1.54, 1.807) is 62.8 Å². The van der Waals surface area contributed by atoms with E-state index in [2.05, 4.69) is 69.0 Å². The van der Waals surface area contributed by atoms with Gasteiger partial charge in [0.2, 0.25) is 5.91 Å². The fourth-order valence-electron chi connectivity index (χ4n) is 3.54. The smallest absolute Gasteiger partial charge is 0.235 e. The molecule has 3 rings (SSSR count). The van der Waals surface area contributed by atoms with E-state index in [1.807, 2.05) is 0 Å². The molecule has 36 heavy (non-hydrogen) atoms. The van der Waals surface area contributed by atoms with E-state index in [0.717, 1.165) is 5.56 Å². The van der Waals surface area contributed by atoms with E-state index in [1.165, 1.54) is 0 Å². The van der Waals surface area contributed by atoms with Crippen molar-refractivity contribution >= 4 is 81.1 Å². The van der Waals surface area contributed by atoms with Gasteiger partial charge in [0.15, 0.2) is 5.78 Å². The van der Waals surface area contributed by atoms with Gasteiger partial charge in [-0.25, -0.2) is 0 Å². The van der Waals surface area contributed by atoms with Crippen molar-refractivity contribution in [2.45, 2.75) is 12.5 Å². The summed E-state index contributed by atoms with van der Waals surface area (Å²) in [6.45, 7) is 0. The molecule has 0 saturated carbocycles. The third-order valence-corrected chi connectivity index (χ3v) is 7.81. The fourth-order valence-corrected chi connectivity index (χ4v) is 6.33. The van der Waals surface area contributed by atoms with Gasteiger partial charge in [0.1, 0.15) is 23.2 Å². The van der Waals surface area contributed by atoms with Crippen molar-refractivity contribution in [1.82, 2.24) is 0 Å². The number of amides is 1. The van der Waals surface area contributed by atoms with Crippen LogP contribution in [0.5, 0.6) is 17.2 Å². The van der Waals surface area contributed by atoms with Gasteiger partial charge >= 0.3 is 0 Å². The van der Waals surface area contributed by atoms with Gasteiger partial charge in [-0.3, -0.25) is 9.59 Å². The van der Waals surface area contributed by atoms with Crippen LogP contribution < -0.4 is 20.5 Å². The van der Waals surface area contributed by atoms with Crippen molar-refractivity contribution in [3.8, 4) is 17.2 Å². The zero-order valence-corrected chi connectivity index (χ0v) is 25.5. The van der Waals surface area contributed by atoms with Crippen LogP contribution in [0.25, 0.3) is 0 Å². The predicted octanol–water partition coefficient (Wildman–Crippen LogP) is 6.53. The van der Waals surface area contributed by atoms with Gasteiger partial charge in [0.25, 0.3) is 0 Å². The van der Waals surface area contributed by atoms with Crippen LogP contribution in [0.2, 0.25) is 0 Å². The van der Waals surface area contributed by atoms with E-state index < -0.39 is 23.7 Å². The van der Waals surface area contributed by atoms with Crippen LogP contribution in [-0.2, 0) is 16.0 Å². The lowest BCUT2D eigenvalue weighted by molar-refractivity contribution is -0.132. The number of hydrogen-bond donors (Lipinski definition) is 3. The van der Waals surface area contributed by atoms with Crippen molar-refractivity contribution in [2.75, 3.05) is 19.5 Å². The Balaban J connectivity index is 1.96. The highest BCUT2D eigenvalue weighted by atomic mass is 79.9. The zero-order chi connectivity index (χ0) is 26.6. The van der Waals surface area contributed by atoms with Gasteiger partial charge in [-0.15, -0.1) is 0 Å². The van der Waals surface area contributed by atoms with Gasteiger partial charge < -0.3 is 25.6 Å². The second-order valence-electron chi connectivity index (χ2n) is 7.78. The summed E-state index contributed by atoms with van der Waals surface area (Å²) in [4.78, 5) is 27.0. The predicted molar refractivity (Wildman–Crippen MR) is 153 cm³/mol. The van der Waals surface area contributed by atoms with Crippen molar-refractivity contribution in [2.24, 2.45) is 11.7 Å². The van der Waals surface area contributed by atoms with E-state index in [4.69, 9.17) is 15.2 Å². The zero-order valence-electron chi connectivity index (χ0n) is 19.2. The summed E-state index contributed by atoms with van der Waals surface area (Å²) in [6.07, 6.45) is 0.0934. The molecule has 0 aromatic heterocycles. The molecule has 0 spiro atoms. The van der Waals surface area contributed by atoms with Crippen LogP contribution in [0.4, 0.5) is 5.69 Å². The summed E-state index contributed by atoms with van der Waals surface area (Å²) in [7, 11) is 3.09. The topological polar surface area (TPSA) is 111 Å². The number of nitrogens with two attached hydrogens (primary N) is 1. The van der Waals surface area contributed by atoms with Gasteiger partial charge in [0.05, 0.1) is 38.2 Å². The molecule has 3 aromatic carbocycles. The normalized spacial score (nSPS) is 12.5. The Morgan fingerprint density at radius 1 is 0.917 bits per heavy atom. The SMILES string of the molecule is COc1ccc(C(N)C(=O)[C@@H](Cc2cc(Br)c(OC)c(Br)c2)C(=O)Nc2cc(Br)c(O)c(Br)c2)cc1. The molecule has 3 aromatic rings. The first-order chi connectivity index (χ1) is 17.0. The highest BCUT2D eigenvalue weighted by Crippen LogP contribution is 2.37. The van der Waals surface area contributed by atoms with Crippen LogP contribution in [0.15, 0.2) is 66.4 Å². The number of methoxy groups -OCH3 is 2. The number of carbonyl (C=O) groups is 2. The molecule has 1 unspecified atom stereocenters. The van der Waals surface area contributed by atoms with Crippen LogP contribution in [-0.4, -0.2) is 31.0 Å². The number of benzene rings is 3. The number of ketones is 1. The first-order valence-corrected chi connectivity index (χ1v) is 13.7. The molecule has 0 heterocycles. The number of rotatable bonds is 9. The Bertz CT molecular complexity index is 1240. The molecule has 4 N–H and O–H groups in total. The van der Waals surface area contributed by atoms with Gasteiger partial charge in [-0.2, -0.15) is 0 Å². The molecule has 2 atom stereocenters. The minimum atomic E-state index is -1.11. The number of hydrogen-bond acceptors (Lipinski definition) is 6. The van der Waals surface area contributed by atoms with Crippen LogP contribution in [0.1, 0.15) is 17.2 Å². The van der Waals surface area contributed by atoms with Gasteiger partial charge in [-0.1, -0.05) is 12.1 Å². The highest BCUT2D eigenvalue weighted by Gasteiger charge is 2.32. The third kappa shape index (κ3) is 6.69. The van der Waals surface area contributed by atoms with E-state index in [9.17, 15) is 14.7 Å². The van der Waals surface area contributed by atoms with E-state index in [-0.39, 0.29) is 12.2 Å². The maximum Gasteiger partial charge on any atom is 0.235 e. The number of nitrogens with one attached hydrogen (secondary N) is 1. The lowest BCUT2D eigenvalue weighted by atomic mass is 9.88. The standard InChI is InChI=1S/C25H22Br4N2O5/c1-35-15-5-3-13(4-6-15)21(30)22(32)16(7-12-8-19(28)24(36-2)20(29)9-12)25(34)31-14-10-17(26)23(33)18(27)11-14/h3-6,8-11,16,21,33H,7,30H2,1-2H3,(H,31,34)/t16-,21?/m1/s1. The summed E-state index contributed by atoms with van der Waals surface area (Å²) in [6, 6.07) is 12.5. The van der Waals surface area contributed by atoms with Crippen molar-refractivity contribution < 1.29 is 24.2 Å². The summed E-state index contributed by atoms with van der Waals surface area (Å²) in [5, 5.41) is 12.8. The lowest BCUT2D eigenvalue weighted by Gasteiger charge is -2.21. The van der Waals surface area contributed by atoms with Crippen molar-refractivity contribution in [3.63, 3.8) is 0 Å². The molecular formula is C25H22Br4N2O5. The summed E-state index contributed by atoms with van der Waals surface area (Å²) < 4.78 is 12.6. The molecule has 0 aliphatic carbocycles. The summed E-state index contributed by atoms with van der Waals surface area (Å²) >= 11 is 13.4. The summed E-state index contributed by atoms with van der Waals surface area (Å²) in [5.74, 6) is -0.867. The molecule has 0 bridgehead atoms.